The van der Waals surface area contributed by atoms with Crippen LogP contribution in [0.5, 0.6) is 11.5 Å². The molecule has 3 aromatic carbocycles. The lowest BCUT2D eigenvalue weighted by Crippen LogP contribution is -2.34. The molecule has 3 aromatic rings. The molecule has 0 spiro atoms. The van der Waals surface area contributed by atoms with Crippen LogP contribution < -0.4 is 4.74 Å². The van der Waals surface area contributed by atoms with Crippen molar-refractivity contribution in [2.45, 2.75) is 57.5 Å². The first-order valence-electron chi connectivity index (χ1n) is 12.2. The minimum atomic E-state index is -1.19. The highest BCUT2D eigenvalue weighted by atomic mass is 16.5. The second kappa shape index (κ2) is 9.47. The lowest BCUT2D eigenvalue weighted by atomic mass is 9.61. The number of carboxylic acid groups (broad SMARTS) is 1. The Bertz CT molecular complexity index is 1320. The number of fused-ring (bicyclic) bond motifs is 1. The Morgan fingerprint density at radius 2 is 1.64 bits per heavy atom. The van der Waals surface area contributed by atoms with Crippen LogP contribution in [-0.4, -0.2) is 28.4 Å². The second-order valence-electron chi connectivity index (χ2n) is 10.9. The number of benzene rings is 3. The molecule has 0 saturated heterocycles. The summed E-state index contributed by atoms with van der Waals surface area (Å²) in [4.78, 5) is 11.2. The zero-order chi connectivity index (χ0) is 26.3. The molecule has 5 heteroatoms. The number of aromatic hydroxyl groups is 1. The van der Waals surface area contributed by atoms with Crippen molar-refractivity contribution in [2.75, 3.05) is 7.11 Å². The van der Waals surface area contributed by atoms with Crippen LogP contribution in [0.15, 0.2) is 60.7 Å². The van der Waals surface area contributed by atoms with E-state index >= 15 is 0 Å². The van der Waals surface area contributed by atoms with Gasteiger partial charge >= 0.3 is 5.97 Å². The van der Waals surface area contributed by atoms with Crippen LogP contribution >= 0.6 is 0 Å². The van der Waals surface area contributed by atoms with Crippen LogP contribution in [0, 0.1) is 0 Å². The normalized spacial score (nSPS) is 16.9. The number of aliphatic hydroxyl groups excluding tert-OH is 1. The monoisotopic (exact) mass is 486 g/mol. The van der Waals surface area contributed by atoms with Gasteiger partial charge < -0.3 is 20.1 Å². The molecule has 0 aromatic heterocycles. The Kier molecular flexibility index (Phi) is 6.72. The molecule has 188 valence electrons. The van der Waals surface area contributed by atoms with Crippen LogP contribution in [0.1, 0.15) is 79.3 Å². The van der Waals surface area contributed by atoms with Crippen molar-refractivity contribution in [3.63, 3.8) is 0 Å². The van der Waals surface area contributed by atoms with Crippen LogP contribution in [-0.2, 0) is 10.8 Å². The third-order valence-corrected chi connectivity index (χ3v) is 7.41. The van der Waals surface area contributed by atoms with Gasteiger partial charge in [0.05, 0.1) is 13.2 Å². The molecule has 0 amide bonds. The van der Waals surface area contributed by atoms with Gasteiger partial charge in [0.25, 0.3) is 0 Å². The third-order valence-electron chi connectivity index (χ3n) is 7.41. The topological polar surface area (TPSA) is 87.0 Å². The number of aromatic carboxylic acids is 1. The standard InChI is InChI=1S/C31H34O5/c1-30(2)14-15-31(3,4)28-24(20-8-10-22(36-5)11-9-20)17-21(18-25(28)30)26(32)13-7-19-6-12-23(29(34)35)27(33)16-19/h6-13,16-18,26,32-33H,14-15H2,1-5H3,(H,34,35)/b13-7-. The predicted molar refractivity (Wildman–Crippen MR) is 143 cm³/mol. The van der Waals surface area contributed by atoms with Crippen LogP contribution in [0.4, 0.5) is 0 Å². The summed E-state index contributed by atoms with van der Waals surface area (Å²) in [6, 6.07) is 16.6. The van der Waals surface area contributed by atoms with Crippen LogP contribution in [0.3, 0.4) is 0 Å². The van der Waals surface area contributed by atoms with Gasteiger partial charge in [0.1, 0.15) is 17.1 Å². The molecule has 1 aliphatic rings. The molecule has 0 heterocycles. The van der Waals surface area contributed by atoms with E-state index < -0.39 is 12.1 Å². The zero-order valence-corrected chi connectivity index (χ0v) is 21.5. The summed E-state index contributed by atoms with van der Waals surface area (Å²) in [5, 5.41) is 30.3. The fraction of sp³-hybridized carbons (Fsp3) is 0.323. The maximum Gasteiger partial charge on any atom is 0.339 e. The first kappa shape index (κ1) is 25.5. The summed E-state index contributed by atoms with van der Waals surface area (Å²) in [6.07, 6.45) is 4.61. The number of rotatable bonds is 6. The summed E-state index contributed by atoms with van der Waals surface area (Å²) in [6.45, 7) is 9.10. The first-order valence-corrected chi connectivity index (χ1v) is 12.2. The van der Waals surface area contributed by atoms with Crippen LogP contribution in [0.25, 0.3) is 17.2 Å². The Labute approximate surface area is 212 Å². The average Bonchev–Trinajstić information content (AvgIpc) is 2.84. The van der Waals surface area contributed by atoms with Gasteiger partial charge in [0.15, 0.2) is 0 Å². The number of phenols is 1. The smallest absolute Gasteiger partial charge is 0.339 e. The lowest BCUT2D eigenvalue weighted by molar-refractivity contribution is 0.0693. The molecule has 3 N–H and O–H groups in total. The van der Waals surface area contributed by atoms with E-state index in [0.717, 1.165) is 35.3 Å². The molecule has 1 unspecified atom stereocenters. The highest BCUT2D eigenvalue weighted by Crippen LogP contribution is 2.50. The summed E-state index contributed by atoms with van der Waals surface area (Å²) in [5.74, 6) is -0.698. The summed E-state index contributed by atoms with van der Waals surface area (Å²) in [7, 11) is 1.65. The Morgan fingerprint density at radius 3 is 2.25 bits per heavy atom. The fourth-order valence-corrected chi connectivity index (χ4v) is 5.13. The molecule has 0 radical (unpaired) electrons. The Balaban J connectivity index is 1.80. The van der Waals surface area contributed by atoms with E-state index in [0.29, 0.717) is 5.56 Å². The van der Waals surface area contributed by atoms with Crippen molar-refractivity contribution < 1.29 is 24.9 Å². The van der Waals surface area contributed by atoms with E-state index in [1.54, 1.807) is 25.3 Å². The van der Waals surface area contributed by atoms with Gasteiger partial charge in [0.2, 0.25) is 0 Å². The van der Waals surface area contributed by atoms with E-state index in [-0.39, 0.29) is 22.1 Å². The molecule has 36 heavy (non-hydrogen) atoms. The number of ether oxygens (including phenoxy) is 1. The number of carbonyl (C=O) groups is 1. The largest absolute Gasteiger partial charge is 0.507 e. The van der Waals surface area contributed by atoms with Gasteiger partial charge in [-0.1, -0.05) is 64.1 Å². The van der Waals surface area contributed by atoms with Crippen molar-refractivity contribution in [3.05, 3.63) is 88.5 Å². The van der Waals surface area contributed by atoms with Crippen molar-refractivity contribution in [1.82, 2.24) is 0 Å². The average molecular weight is 487 g/mol. The summed E-state index contributed by atoms with van der Waals surface area (Å²) >= 11 is 0. The van der Waals surface area contributed by atoms with Crippen molar-refractivity contribution in [3.8, 4) is 22.6 Å². The number of aliphatic hydroxyl groups is 1. The fourth-order valence-electron chi connectivity index (χ4n) is 5.13. The molecule has 4 rings (SSSR count). The molecule has 1 atom stereocenters. The van der Waals surface area contributed by atoms with Gasteiger partial charge in [-0.05, 0) is 87.4 Å². The molecular formula is C31H34O5. The molecule has 5 nitrogen and oxygen atoms in total. The van der Waals surface area contributed by atoms with Crippen LogP contribution in [0.2, 0.25) is 0 Å². The predicted octanol–water partition coefficient (Wildman–Crippen LogP) is 6.86. The van der Waals surface area contributed by atoms with Gasteiger partial charge in [-0.2, -0.15) is 0 Å². The number of carboxylic acids is 1. The molecule has 1 aliphatic carbocycles. The molecule has 0 bridgehead atoms. The van der Waals surface area contributed by atoms with E-state index in [4.69, 9.17) is 9.84 Å². The number of methoxy groups -OCH3 is 1. The Hall–Kier alpha value is -3.57. The van der Waals surface area contributed by atoms with E-state index in [1.807, 2.05) is 12.1 Å². The molecule has 0 fully saturated rings. The second-order valence-corrected chi connectivity index (χ2v) is 10.9. The lowest BCUT2D eigenvalue weighted by Gasteiger charge is -2.43. The van der Waals surface area contributed by atoms with Gasteiger partial charge in [-0.3, -0.25) is 0 Å². The minimum absolute atomic E-state index is 0.0111. The van der Waals surface area contributed by atoms with E-state index in [1.165, 1.54) is 23.3 Å². The van der Waals surface area contributed by atoms with E-state index in [2.05, 4.69) is 52.0 Å². The van der Waals surface area contributed by atoms with E-state index in [9.17, 15) is 15.0 Å². The van der Waals surface area contributed by atoms with Crippen molar-refractivity contribution in [1.29, 1.82) is 0 Å². The number of hydrogen-bond donors (Lipinski definition) is 3. The molecule has 0 saturated carbocycles. The third kappa shape index (κ3) is 4.89. The highest BCUT2D eigenvalue weighted by Gasteiger charge is 2.39. The molecule has 0 aliphatic heterocycles. The summed E-state index contributed by atoms with van der Waals surface area (Å²) in [5.41, 5.74) is 5.93. The van der Waals surface area contributed by atoms with Gasteiger partial charge in [-0.15, -0.1) is 0 Å². The quantitative estimate of drug-likeness (QED) is 0.354. The maximum atomic E-state index is 11.2. The first-order chi connectivity index (χ1) is 16.9. The molecular weight excluding hydrogens is 452 g/mol. The SMILES string of the molecule is COc1ccc(-c2cc(C(O)/C=C\c3ccc(C(=O)O)c(O)c3)cc3c2C(C)(C)CCC3(C)C)cc1. The van der Waals surface area contributed by atoms with Crippen molar-refractivity contribution >= 4 is 12.0 Å². The Morgan fingerprint density at radius 1 is 0.972 bits per heavy atom. The van der Waals surface area contributed by atoms with Crippen molar-refractivity contribution in [2.24, 2.45) is 0 Å². The number of hydrogen-bond acceptors (Lipinski definition) is 4. The van der Waals surface area contributed by atoms with Gasteiger partial charge in [-0.25, -0.2) is 4.79 Å². The highest BCUT2D eigenvalue weighted by molar-refractivity contribution is 5.91. The summed E-state index contributed by atoms with van der Waals surface area (Å²) < 4.78 is 5.36. The minimum Gasteiger partial charge on any atom is -0.507 e. The van der Waals surface area contributed by atoms with Gasteiger partial charge in [0, 0.05) is 0 Å². The maximum absolute atomic E-state index is 11.2. The zero-order valence-electron chi connectivity index (χ0n) is 21.5.